The molecule has 0 spiro atoms. The van der Waals surface area contributed by atoms with E-state index in [0.717, 1.165) is 25.7 Å². The van der Waals surface area contributed by atoms with Gasteiger partial charge >= 0.3 is 0 Å². The van der Waals surface area contributed by atoms with Crippen molar-refractivity contribution in [1.82, 2.24) is 4.72 Å². The molecule has 1 nitrogen and oxygen atoms in total. The van der Waals surface area contributed by atoms with Crippen molar-refractivity contribution in [2.24, 2.45) is 0 Å². The molecule has 0 amide bonds. The molecule has 0 saturated heterocycles. The van der Waals surface area contributed by atoms with E-state index in [1.54, 1.807) is 11.9 Å². The molecular weight excluding hydrogens is 341 g/mol. The maximum Gasteiger partial charge on any atom is 0.0900 e. The van der Waals surface area contributed by atoms with Crippen LogP contribution in [0.1, 0.15) is 46.5 Å². The van der Waals surface area contributed by atoms with Crippen molar-refractivity contribution in [3.8, 4) is 11.2 Å². The number of halogens is 2. The summed E-state index contributed by atoms with van der Waals surface area (Å²) < 4.78 is 3.81. The first-order valence-corrected chi connectivity index (χ1v) is 12.1. The van der Waals surface area contributed by atoms with E-state index in [-0.39, 0.29) is 10.3 Å². The molecule has 0 heterocycles. The Labute approximate surface area is 148 Å². The van der Waals surface area contributed by atoms with E-state index >= 15 is 0 Å². The number of rotatable bonds is 8. The van der Waals surface area contributed by atoms with E-state index < -0.39 is 10.0 Å². The van der Waals surface area contributed by atoms with E-state index in [0.29, 0.717) is 11.8 Å². The summed E-state index contributed by atoms with van der Waals surface area (Å²) in [6, 6.07) is 0. The predicted molar refractivity (Wildman–Crippen MR) is 106 cm³/mol. The molecule has 0 aromatic heterocycles. The van der Waals surface area contributed by atoms with Crippen molar-refractivity contribution in [3.63, 3.8) is 0 Å². The van der Waals surface area contributed by atoms with Crippen molar-refractivity contribution < 1.29 is 0 Å². The van der Waals surface area contributed by atoms with E-state index in [4.69, 9.17) is 23.2 Å². The Morgan fingerprint density at radius 1 is 1.00 bits per heavy atom. The fourth-order valence-electron chi connectivity index (χ4n) is 1.62. The number of hydrogen-bond donors (Lipinski definition) is 1. The van der Waals surface area contributed by atoms with E-state index in [1.807, 2.05) is 0 Å². The van der Waals surface area contributed by atoms with Crippen LogP contribution in [0.25, 0.3) is 0 Å². The fourth-order valence-corrected chi connectivity index (χ4v) is 3.14. The summed E-state index contributed by atoms with van der Waals surface area (Å²) in [7, 11) is -0.838. The summed E-state index contributed by atoms with van der Waals surface area (Å²) >= 11 is 13.6. The van der Waals surface area contributed by atoms with Crippen LogP contribution in [0.4, 0.5) is 0 Å². The van der Waals surface area contributed by atoms with Gasteiger partial charge in [0.1, 0.15) is 0 Å². The second kappa shape index (κ2) is 9.83. The highest BCUT2D eigenvalue weighted by atomic mass is 35.5. The summed E-state index contributed by atoms with van der Waals surface area (Å²) in [5, 5.41) is 3.49. The molecule has 0 unspecified atom stereocenters. The first kappa shape index (κ1) is 21.8. The maximum atomic E-state index is 5.92. The zero-order chi connectivity index (χ0) is 16.6. The van der Waals surface area contributed by atoms with Crippen LogP contribution in [0.2, 0.25) is 0 Å². The third-order valence-corrected chi connectivity index (χ3v) is 4.98. The number of alkyl halides is 2. The molecule has 0 radical (unpaired) electrons. The van der Waals surface area contributed by atoms with Gasteiger partial charge in [0.15, 0.2) is 0 Å². The van der Waals surface area contributed by atoms with Gasteiger partial charge in [0.25, 0.3) is 0 Å². The van der Waals surface area contributed by atoms with Gasteiger partial charge in [-0.3, -0.25) is 0 Å². The highest BCUT2D eigenvalue weighted by Crippen LogP contribution is 2.34. The third-order valence-electron chi connectivity index (χ3n) is 2.62. The first-order chi connectivity index (χ1) is 9.54. The lowest BCUT2D eigenvalue weighted by Gasteiger charge is -2.33. The molecule has 0 saturated carbocycles. The van der Waals surface area contributed by atoms with Crippen molar-refractivity contribution in [1.29, 1.82) is 0 Å². The highest BCUT2D eigenvalue weighted by molar-refractivity contribution is 8.35. The molecule has 0 aliphatic rings. The Balaban J connectivity index is 5.22. The predicted octanol–water partition coefficient (Wildman–Crippen LogP) is 5.45. The zero-order valence-electron chi connectivity index (χ0n) is 14.3. The van der Waals surface area contributed by atoms with Gasteiger partial charge in [-0.25, -0.2) is 4.72 Å². The van der Waals surface area contributed by atoms with Crippen LogP contribution in [-0.2, 0) is 0 Å². The normalized spacial score (nSPS) is 13.7. The van der Waals surface area contributed by atoms with Gasteiger partial charge in [-0.15, -0.1) is 23.2 Å². The summed E-state index contributed by atoms with van der Waals surface area (Å²) in [6.07, 6.45) is 10.6. The molecule has 0 bridgehead atoms. The van der Waals surface area contributed by atoms with Gasteiger partial charge in [0.2, 0.25) is 0 Å². The van der Waals surface area contributed by atoms with Crippen LogP contribution in [0.5, 0.6) is 0 Å². The van der Waals surface area contributed by atoms with Gasteiger partial charge < -0.3 is 0 Å². The maximum absolute atomic E-state index is 5.92. The summed E-state index contributed by atoms with van der Waals surface area (Å²) in [5.41, 5.74) is -0.179. The van der Waals surface area contributed by atoms with Gasteiger partial charge in [-0.2, -0.15) is 10.0 Å². The summed E-state index contributed by atoms with van der Waals surface area (Å²) in [4.78, 5) is 0. The van der Waals surface area contributed by atoms with Gasteiger partial charge in [0, 0.05) is 16.5 Å². The molecule has 0 aromatic rings. The second-order valence-electron chi connectivity index (χ2n) is 7.05. The Hall–Kier alpha value is 0.800. The number of hydrogen-bond acceptors (Lipinski definition) is 2. The van der Waals surface area contributed by atoms with Gasteiger partial charge in [0.05, 0.1) is 5.54 Å². The molecule has 0 aromatic carbocycles. The molecule has 5 heteroatoms. The molecule has 21 heavy (non-hydrogen) atoms. The summed E-state index contributed by atoms with van der Waals surface area (Å²) in [6.45, 7) is 6.63. The average molecular weight is 372 g/mol. The second-order valence-corrected chi connectivity index (χ2v) is 13.3. The van der Waals surface area contributed by atoms with Crippen molar-refractivity contribution in [3.05, 3.63) is 0 Å². The minimum absolute atomic E-state index is 0.156. The van der Waals surface area contributed by atoms with Crippen LogP contribution in [0, 0.1) is 11.2 Å². The largest absolute Gasteiger partial charge is 0.246 e. The minimum Gasteiger partial charge on any atom is -0.246 e. The number of nitrogens with one attached hydrogen (secondary N) is 1. The van der Waals surface area contributed by atoms with Crippen molar-refractivity contribution in [2.75, 3.05) is 30.5 Å². The molecule has 0 fully saturated rings. The molecule has 0 rings (SSSR count). The van der Waals surface area contributed by atoms with Crippen LogP contribution < -0.4 is 4.72 Å². The lowest BCUT2D eigenvalue weighted by Crippen LogP contribution is -2.42. The SMILES string of the molecule is CC(C)(C)SNC(C#CS(C)(C)C)(CCCCl)CCCCl. The van der Waals surface area contributed by atoms with Crippen LogP contribution in [0.15, 0.2) is 0 Å². The molecule has 0 aliphatic carbocycles. The lowest BCUT2D eigenvalue weighted by molar-refractivity contribution is 0.428. The quantitative estimate of drug-likeness (QED) is 0.345. The van der Waals surface area contributed by atoms with Crippen LogP contribution >= 0.6 is 45.2 Å². The third kappa shape index (κ3) is 12.0. The Morgan fingerprint density at radius 3 is 1.81 bits per heavy atom. The molecule has 1 N–H and O–H groups in total. The van der Waals surface area contributed by atoms with Crippen LogP contribution in [0.3, 0.4) is 0 Å². The lowest BCUT2D eigenvalue weighted by atomic mass is 9.91. The molecular formula is C16H31Cl2NS2. The fraction of sp³-hybridized carbons (Fsp3) is 0.875. The monoisotopic (exact) mass is 371 g/mol. The van der Waals surface area contributed by atoms with Gasteiger partial charge in [-0.05, 0) is 65.2 Å². The van der Waals surface area contributed by atoms with Gasteiger partial charge in [-0.1, -0.05) is 23.1 Å². The molecule has 126 valence electrons. The van der Waals surface area contributed by atoms with Crippen molar-refractivity contribution in [2.45, 2.75) is 56.7 Å². The van der Waals surface area contributed by atoms with E-state index in [1.165, 1.54) is 0 Å². The average Bonchev–Trinajstić information content (AvgIpc) is 2.35. The standard InChI is InChI=1S/C16H31Cl2NS2/c1-15(2,3)20-19-16(9-7-12-17,10-8-13-18)11-14-21(4,5)6/h19H,7-10,12-13H2,1-6H3. The zero-order valence-corrected chi connectivity index (χ0v) is 17.5. The Morgan fingerprint density at radius 2 is 1.48 bits per heavy atom. The smallest absolute Gasteiger partial charge is 0.0900 e. The minimum atomic E-state index is -0.838. The molecule has 0 aliphatic heterocycles. The van der Waals surface area contributed by atoms with E-state index in [2.05, 4.69) is 55.4 Å². The topological polar surface area (TPSA) is 12.0 Å². The van der Waals surface area contributed by atoms with Crippen molar-refractivity contribution >= 4 is 45.2 Å². The molecule has 0 atom stereocenters. The van der Waals surface area contributed by atoms with E-state index in [9.17, 15) is 0 Å². The Bertz CT molecular complexity index is 340. The highest BCUT2D eigenvalue weighted by Gasteiger charge is 2.29. The van der Waals surface area contributed by atoms with Crippen LogP contribution in [-0.4, -0.2) is 40.8 Å². The summed E-state index contributed by atoms with van der Waals surface area (Å²) in [5.74, 6) is 4.90. The Kier molecular flexibility index (Phi) is 10.2. The first-order valence-electron chi connectivity index (χ1n) is 7.33.